The first-order valence-electron chi connectivity index (χ1n) is 3.73. The summed E-state index contributed by atoms with van der Waals surface area (Å²) in [6.07, 6.45) is 0. The maximum Gasteiger partial charge on any atom is 0.178 e. The number of aromatic hydroxyl groups is 1. The molecule has 4 nitrogen and oxygen atoms in total. The van der Waals surface area contributed by atoms with Crippen molar-refractivity contribution in [3.8, 4) is 5.75 Å². The molecule has 0 aliphatic heterocycles. The predicted octanol–water partition coefficient (Wildman–Crippen LogP) is 1.19. The highest BCUT2D eigenvalue weighted by molar-refractivity contribution is 5.96. The van der Waals surface area contributed by atoms with E-state index in [9.17, 15) is 9.59 Å². The topological polar surface area (TPSA) is 67.3 Å². The van der Waals surface area contributed by atoms with E-state index in [0.29, 0.717) is 0 Å². The molecule has 1 rings (SSSR count). The van der Waals surface area contributed by atoms with Gasteiger partial charge >= 0.3 is 0 Å². The van der Waals surface area contributed by atoms with Gasteiger partial charge in [0, 0.05) is 26.0 Å². The van der Waals surface area contributed by atoms with Gasteiger partial charge in [0.1, 0.15) is 17.1 Å². The van der Waals surface area contributed by atoms with Crippen LogP contribution in [-0.2, 0) is 0 Å². The number of carbonyl (C=O) groups is 2. The van der Waals surface area contributed by atoms with Gasteiger partial charge in [-0.2, -0.15) is 0 Å². The van der Waals surface area contributed by atoms with Crippen molar-refractivity contribution < 1.29 is 14.7 Å². The minimum atomic E-state index is -0.279. The molecule has 0 amide bonds. The minimum Gasteiger partial charge on any atom is -0.508 e. The van der Waals surface area contributed by atoms with Crippen LogP contribution in [0.4, 0.5) is 0 Å². The van der Waals surface area contributed by atoms with Gasteiger partial charge in [-0.1, -0.05) is 0 Å². The molecule has 1 heterocycles. The molecular weight excluding hydrogens is 170 g/mol. The van der Waals surface area contributed by atoms with Gasteiger partial charge in [0.25, 0.3) is 0 Å². The zero-order valence-corrected chi connectivity index (χ0v) is 7.37. The lowest BCUT2D eigenvalue weighted by molar-refractivity contribution is 0.100. The number of hydrogen-bond acceptors (Lipinski definition) is 4. The van der Waals surface area contributed by atoms with Crippen molar-refractivity contribution in [2.45, 2.75) is 13.8 Å². The van der Waals surface area contributed by atoms with Gasteiger partial charge in [-0.05, 0) is 0 Å². The number of ketones is 2. The quantitative estimate of drug-likeness (QED) is 0.692. The summed E-state index contributed by atoms with van der Waals surface area (Å²) >= 11 is 0. The molecule has 0 bridgehead atoms. The highest BCUT2D eigenvalue weighted by Gasteiger charge is 2.08. The van der Waals surface area contributed by atoms with Gasteiger partial charge in [0.15, 0.2) is 11.6 Å². The van der Waals surface area contributed by atoms with Crippen LogP contribution in [0, 0.1) is 0 Å². The molecule has 68 valence electrons. The summed E-state index contributed by atoms with van der Waals surface area (Å²) in [5, 5.41) is 9.15. The number of pyridine rings is 1. The lowest BCUT2D eigenvalue weighted by Crippen LogP contribution is -2.03. The number of aromatic nitrogens is 1. The lowest BCUT2D eigenvalue weighted by Gasteiger charge is -1.99. The number of rotatable bonds is 2. The van der Waals surface area contributed by atoms with E-state index in [1.165, 1.54) is 26.0 Å². The van der Waals surface area contributed by atoms with Gasteiger partial charge < -0.3 is 5.11 Å². The summed E-state index contributed by atoms with van der Waals surface area (Å²) in [4.78, 5) is 25.5. The summed E-state index contributed by atoms with van der Waals surface area (Å²) < 4.78 is 0. The van der Waals surface area contributed by atoms with E-state index in [-0.39, 0.29) is 28.7 Å². The lowest BCUT2D eigenvalue weighted by atomic mass is 10.2. The Hall–Kier alpha value is -1.71. The monoisotopic (exact) mass is 179 g/mol. The van der Waals surface area contributed by atoms with Crippen LogP contribution in [0.25, 0.3) is 0 Å². The van der Waals surface area contributed by atoms with E-state index >= 15 is 0 Å². The molecule has 4 heteroatoms. The Morgan fingerprint density at radius 3 is 1.85 bits per heavy atom. The molecule has 13 heavy (non-hydrogen) atoms. The standard InChI is InChI=1S/C9H9NO3/c1-5(11)8-3-7(13)4-9(10-8)6(2)12/h3-4H,1-2H3,(H,10,13). The largest absolute Gasteiger partial charge is 0.508 e. The molecule has 0 atom stereocenters. The summed E-state index contributed by atoms with van der Waals surface area (Å²) in [6.45, 7) is 2.65. The molecule has 1 aromatic heterocycles. The molecule has 1 N–H and O–H groups in total. The molecule has 0 saturated heterocycles. The fourth-order valence-corrected chi connectivity index (χ4v) is 0.877. The van der Waals surface area contributed by atoms with Gasteiger partial charge in [0.2, 0.25) is 0 Å². The molecule has 0 aliphatic rings. The normalized spacial score (nSPS) is 9.69. The predicted molar refractivity (Wildman–Crippen MR) is 45.9 cm³/mol. The molecule has 0 saturated carbocycles. The van der Waals surface area contributed by atoms with E-state index in [1.54, 1.807) is 0 Å². The van der Waals surface area contributed by atoms with E-state index < -0.39 is 0 Å². The first-order chi connectivity index (χ1) is 6.00. The van der Waals surface area contributed by atoms with Gasteiger partial charge in [-0.25, -0.2) is 4.98 Å². The molecule has 0 aromatic carbocycles. The second-order valence-corrected chi connectivity index (χ2v) is 2.71. The highest BCUT2D eigenvalue weighted by atomic mass is 16.3. The second kappa shape index (κ2) is 3.35. The summed E-state index contributed by atoms with van der Waals surface area (Å²) in [5.41, 5.74) is 0.204. The maximum atomic E-state index is 10.9. The average molecular weight is 179 g/mol. The Balaban J connectivity index is 3.26. The van der Waals surface area contributed by atoms with Gasteiger partial charge in [-0.15, -0.1) is 0 Å². The van der Waals surface area contributed by atoms with Crippen LogP contribution in [0.1, 0.15) is 34.8 Å². The molecule has 0 radical (unpaired) electrons. The summed E-state index contributed by atoms with van der Waals surface area (Å²) in [6, 6.07) is 2.46. The van der Waals surface area contributed by atoms with Gasteiger partial charge in [-0.3, -0.25) is 9.59 Å². The van der Waals surface area contributed by atoms with Crippen molar-refractivity contribution in [2.24, 2.45) is 0 Å². The van der Waals surface area contributed by atoms with Crippen LogP contribution in [0.5, 0.6) is 5.75 Å². The molecule has 1 aromatic rings. The van der Waals surface area contributed by atoms with Crippen molar-refractivity contribution >= 4 is 11.6 Å². The number of Topliss-reactive ketones (excluding diaryl/α,β-unsaturated/α-hetero) is 2. The Bertz CT molecular complexity index is 339. The number of hydrogen-bond donors (Lipinski definition) is 1. The van der Waals surface area contributed by atoms with Crippen molar-refractivity contribution in [1.29, 1.82) is 0 Å². The highest BCUT2D eigenvalue weighted by Crippen LogP contribution is 2.12. The van der Waals surface area contributed by atoms with Crippen LogP contribution in [0.3, 0.4) is 0 Å². The van der Waals surface area contributed by atoms with Crippen LogP contribution in [0.15, 0.2) is 12.1 Å². The average Bonchev–Trinajstić information content (AvgIpc) is 2.03. The smallest absolute Gasteiger partial charge is 0.178 e. The van der Waals surface area contributed by atoms with Crippen LogP contribution < -0.4 is 0 Å². The Kier molecular flexibility index (Phi) is 2.41. The van der Waals surface area contributed by atoms with E-state index in [4.69, 9.17) is 5.11 Å². The Morgan fingerprint density at radius 1 is 1.15 bits per heavy atom. The van der Waals surface area contributed by atoms with Gasteiger partial charge in [0.05, 0.1) is 0 Å². The third-order valence-electron chi connectivity index (χ3n) is 1.53. The number of nitrogens with zero attached hydrogens (tertiary/aromatic N) is 1. The molecular formula is C9H9NO3. The van der Waals surface area contributed by atoms with Crippen molar-refractivity contribution in [3.05, 3.63) is 23.5 Å². The van der Waals surface area contributed by atoms with Crippen LogP contribution >= 0.6 is 0 Å². The van der Waals surface area contributed by atoms with Crippen molar-refractivity contribution in [1.82, 2.24) is 4.98 Å². The van der Waals surface area contributed by atoms with Crippen LogP contribution in [0.2, 0.25) is 0 Å². The van der Waals surface area contributed by atoms with E-state index in [2.05, 4.69) is 4.98 Å². The third kappa shape index (κ3) is 2.11. The summed E-state index contributed by atoms with van der Waals surface area (Å²) in [5.74, 6) is -0.679. The number of carbonyl (C=O) groups excluding carboxylic acids is 2. The molecule has 0 fully saturated rings. The minimum absolute atomic E-state index is 0.102. The summed E-state index contributed by atoms with van der Waals surface area (Å²) in [7, 11) is 0. The third-order valence-corrected chi connectivity index (χ3v) is 1.53. The first-order valence-corrected chi connectivity index (χ1v) is 3.73. The second-order valence-electron chi connectivity index (χ2n) is 2.71. The molecule has 0 aliphatic carbocycles. The zero-order valence-electron chi connectivity index (χ0n) is 7.37. The van der Waals surface area contributed by atoms with Crippen LogP contribution in [-0.4, -0.2) is 21.7 Å². The maximum absolute atomic E-state index is 10.9. The van der Waals surface area contributed by atoms with Crippen molar-refractivity contribution in [3.63, 3.8) is 0 Å². The molecule has 0 spiro atoms. The van der Waals surface area contributed by atoms with Crippen molar-refractivity contribution in [2.75, 3.05) is 0 Å². The Labute approximate surface area is 75.2 Å². The SMILES string of the molecule is CC(=O)c1cc(O)cc(C(C)=O)n1. The Morgan fingerprint density at radius 2 is 1.54 bits per heavy atom. The fraction of sp³-hybridized carbons (Fsp3) is 0.222. The fourth-order valence-electron chi connectivity index (χ4n) is 0.877. The van der Waals surface area contributed by atoms with E-state index in [0.717, 1.165) is 0 Å². The zero-order chi connectivity index (χ0) is 10.0. The first kappa shape index (κ1) is 9.38. The molecule has 0 unspecified atom stereocenters. The van der Waals surface area contributed by atoms with E-state index in [1.807, 2.05) is 0 Å².